The molecule has 1 N–H and O–H groups in total. The van der Waals surface area contributed by atoms with Crippen LogP contribution in [0.5, 0.6) is 0 Å². The van der Waals surface area contributed by atoms with Crippen LogP contribution in [0.3, 0.4) is 0 Å². The molecule has 0 spiro atoms. The van der Waals surface area contributed by atoms with Gasteiger partial charge in [-0.1, -0.05) is 13.8 Å². The minimum absolute atomic E-state index is 0.552. The first-order valence-corrected chi connectivity index (χ1v) is 8.04. The molecule has 1 aliphatic rings. The molecule has 90 valence electrons. The Morgan fingerprint density at radius 3 is 2.81 bits per heavy atom. The molecule has 0 radical (unpaired) electrons. The summed E-state index contributed by atoms with van der Waals surface area (Å²) in [6, 6.07) is 0.715. The average Bonchev–Trinajstić information content (AvgIpc) is 2.76. The van der Waals surface area contributed by atoms with Crippen molar-refractivity contribution in [1.82, 2.24) is 10.3 Å². The van der Waals surface area contributed by atoms with E-state index in [4.69, 9.17) is 0 Å². The number of nitrogens with one attached hydrogen (secondary N) is 1. The Balaban J connectivity index is 1.79. The second-order valence-corrected chi connectivity index (χ2v) is 6.76. The summed E-state index contributed by atoms with van der Waals surface area (Å²) in [7, 11) is 0. The SMILES string of the molecule is CC(C)c1csc(CNC2CCSCC2)n1. The maximum Gasteiger partial charge on any atom is 0.107 e. The Bertz CT molecular complexity index is 317. The fourth-order valence-electron chi connectivity index (χ4n) is 1.80. The highest BCUT2D eigenvalue weighted by Gasteiger charge is 2.13. The zero-order valence-corrected chi connectivity index (χ0v) is 11.7. The van der Waals surface area contributed by atoms with E-state index in [-0.39, 0.29) is 0 Å². The summed E-state index contributed by atoms with van der Waals surface area (Å²) in [6.45, 7) is 5.35. The van der Waals surface area contributed by atoms with Gasteiger partial charge in [-0.15, -0.1) is 11.3 Å². The summed E-state index contributed by atoms with van der Waals surface area (Å²) in [4.78, 5) is 4.64. The highest BCUT2D eigenvalue weighted by atomic mass is 32.2. The Kier molecular flexibility index (Phi) is 4.67. The molecule has 0 aliphatic carbocycles. The Morgan fingerprint density at radius 1 is 1.44 bits per heavy atom. The topological polar surface area (TPSA) is 24.9 Å². The zero-order chi connectivity index (χ0) is 11.4. The van der Waals surface area contributed by atoms with E-state index in [9.17, 15) is 0 Å². The van der Waals surface area contributed by atoms with Gasteiger partial charge in [0.25, 0.3) is 0 Å². The van der Waals surface area contributed by atoms with Gasteiger partial charge < -0.3 is 5.32 Å². The molecule has 0 amide bonds. The average molecular weight is 256 g/mol. The molecular formula is C12H20N2S2. The monoisotopic (exact) mass is 256 g/mol. The van der Waals surface area contributed by atoms with Gasteiger partial charge in [-0.25, -0.2) is 4.98 Å². The van der Waals surface area contributed by atoms with Crippen LogP contribution in [0.2, 0.25) is 0 Å². The predicted molar refractivity (Wildman–Crippen MR) is 73.4 cm³/mol. The summed E-state index contributed by atoms with van der Waals surface area (Å²) in [5.74, 6) is 3.18. The summed E-state index contributed by atoms with van der Waals surface area (Å²) < 4.78 is 0. The molecule has 2 heterocycles. The molecule has 16 heavy (non-hydrogen) atoms. The lowest BCUT2D eigenvalue weighted by Crippen LogP contribution is -2.31. The predicted octanol–water partition coefficient (Wildman–Crippen LogP) is 3.25. The Morgan fingerprint density at radius 2 is 2.19 bits per heavy atom. The first-order valence-electron chi connectivity index (χ1n) is 6.01. The second-order valence-electron chi connectivity index (χ2n) is 4.59. The normalized spacial score (nSPS) is 18.2. The van der Waals surface area contributed by atoms with E-state index in [0.29, 0.717) is 12.0 Å². The molecule has 0 aromatic carbocycles. The summed E-state index contributed by atoms with van der Waals surface area (Å²) in [5, 5.41) is 7.06. The van der Waals surface area contributed by atoms with Crippen molar-refractivity contribution in [2.24, 2.45) is 0 Å². The lowest BCUT2D eigenvalue weighted by molar-refractivity contribution is 0.481. The summed E-state index contributed by atoms with van der Waals surface area (Å²) in [6.07, 6.45) is 2.63. The molecule has 0 saturated carbocycles. The van der Waals surface area contributed by atoms with Crippen LogP contribution in [-0.2, 0) is 6.54 Å². The molecule has 0 unspecified atom stereocenters. The fourth-order valence-corrected chi connectivity index (χ4v) is 3.82. The van der Waals surface area contributed by atoms with Gasteiger partial charge in [0.1, 0.15) is 5.01 Å². The van der Waals surface area contributed by atoms with Crippen LogP contribution in [-0.4, -0.2) is 22.5 Å². The van der Waals surface area contributed by atoms with Crippen LogP contribution in [0.15, 0.2) is 5.38 Å². The van der Waals surface area contributed by atoms with Gasteiger partial charge in [0.2, 0.25) is 0 Å². The van der Waals surface area contributed by atoms with Crippen molar-refractivity contribution >= 4 is 23.1 Å². The number of aromatic nitrogens is 1. The van der Waals surface area contributed by atoms with E-state index in [1.807, 2.05) is 0 Å². The number of hydrogen-bond donors (Lipinski definition) is 1. The number of thioether (sulfide) groups is 1. The van der Waals surface area contributed by atoms with Crippen molar-refractivity contribution in [3.8, 4) is 0 Å². The number of rotatable bonds is 4. The minimum Gasteiger partial charge on any atom is -0.308 e. The molecule has 1 aliphatic heterocycles. The third kappa shape index (κ3) is 3.47. The quantitative estimate of drug-likeness (QED) is 0.895. The lowest BCUT2D eigenvalue weighted by atomic mass is 10.1. The lowest BCUT2D eigenvalue weighted by Gasteiger charge is -2.21. The smallest absolute Gasteiger partial charge is 0.107 e. The van der Waals surface area contributed by atoms with E-state index in [1.54, 1.807) is 11.3 Å². The van der Waals surface area contributed by atoms with Gasteiger partial charge in [0, 0.05) is 18.0 Å². The van der Waals surface area contributed by atoms with E-state index in [1.165, 1.54) is 35.0 Å². The van der Waals surface area contributed by atoms with Crippen molar-refractivity contribution in [2.45, 2.75) is 45.2 Å². The van der Waals surface area contributed by atoms with Gasteiger partial charge in [-0.05, 0) is 30.3 Å². The summed E-state index contributed by atoms with van der Waals surface area (Å²) >= 11 is 3.86. The van der Waals surface area contributed by atoms with Crippen LogP contribution < -0.4 is 5.32 Å². The van der Waals surface area contributed by atoms with Crippen LogP contribution in [0.25, 0.3) is 0 Å². The molecule has 1 aromatic rings. The van der Waals surface area contributed by atoms with E-state index in [0.717, 1.165) is 6.54 Å². The minimum atomic E-state index is 0.552. The molecule has 2 rings (SSSR count). The van der Waals surface area contributed by atoms with Crippen molar-refractivity contribution in [1.29, 1.82) is 0 Å². The standard InChI is InChI=1S/C12H20N2S2/c1-9(2)11-8-16-12(14-11)7-13-10-3-5-15-6-4-10/h8-10,13H,3-7H2,1-2H3. The molecule has 0 bridgehead atoms. The Labute approximate surface area is 106 Å². The van der Waals surface area contributed by atoms with Crippen molar-refractivity contribution in [3.05, 3.63) is 16.1 Å². The van der Waals surface area contributed by atoms with Gasteiger partial charge in [-0.2, -0.15) is 11.8 Å². The number of hydrogen-bond acceptors (Lipinski definition) is 4. The van der Waals surface area contributed by atoms with E-state index in [2.05, 4.69) is 41.3 Å². The summed E-state index contributed by atoms with van der Waals surface area (Å²) in [5.41, 5.74) is 1.24. The largest absolute Gasteiger partial charge is 0.308 e. The highest BCUT2D eigenvalue weighted by Crippen LogP contribution is 2.20. The second kappa shape index (κ2) is 6.03. The van der Waals surface area contributed by atoms with Gasteiger partial charge in [0.05, 0.1) is 5.69 Å². The van der Waals surface area contributed by atoms with Crippen molar-refractivity contribution in [2.75, 3.05) is 11.5 Å². The van der Waals surface area contributed by atoms with Gasteiger partial charge in [0.15, 0.2) is 0 Å². The first-order chi connectivity index (χ1) is 7.75. The maximum atomic E-state index is 4.64. The molecule has 0 atom stereocenters. The zero-order valence-electron chi connectivity index (χ0n) is 10.0. The van der Waals surface area contributed by atoms with Crippen LogP contribution in [0.1, 0.15) is 43.3 Å². The first kappa shape index (κ1) is 12.4. The van der Waals surface area contributed by atoms with E-state index >= 15 is 0 Å². The van der Waals surface area contributed by atoms with Crippen molar-refractivity contribution in [3.63, 3.8) is 0 Å². The molecule has 4 heteroatoms. The highest BCUT2D eigenvalue weighted by molar-refractivity contribution is 7.99. The van der Waals surface area contributed by atoms with Gasteiger partial charge >= 0.3 is 0 Å². The molecule has 1 aromatic heterocycles. The molecule has 1 saturated heterocycles. The van der Waals surface area contributed by atoms with E-state index < -0.39 is 0 Å². The van der Waals surface area contributed by atoms with Crippen molar-refractivity contribution < 1.29 is 0 Å². The molecular weight excluding hydrogens is 236 g/mol. The van der Waals surface area contributed by atoms with Crippen LogP contribution in [0, 0.1) is 0 Å². The third-order valence-corrected chi connectivity index (χ3v) is 4.84. The molecule has 2 nitrogen and oxygen atoms in total. The fraction of sp³-hybridized carbons (Fsp3) is 0.750. The molecule has 1 fully saturated rings. The maximum absolute atomic E-state index is 4.64. The van der Waals surface area contributed by atoms with Crippen LogP contribution in [0.4, 0.5) is 0 Å². The van der Waals surface area contributed by atoms with Gasteiger partial charge in [-0.3, -0.25) is 0 Å². The third-order valence-electron chi connectivity index (χ3n) is 2.92. The number of nitrogens with zero attached hydrogens (tertiary/aromatic N) is 1. The van der Waals surface area contributed by atoms with Crippen LogP contribution >= 0.6 is 23.1 Å². The Hall–Kier alpha value is -0.0600. The number of thiazole rings is 1.